The highest BCUT2D eigenvalue weighted by molar-refractivity contribution is 6.35. The lowest BCUT2D eigenvalue weighted by Gasteiger charge is -2.48. The van der Waals surface area contributed by atoms with Crippen LogP contribution in [0, 0.1) is 17.8 Å². The maximum absolute atomic E-state index is 16.6. The number of phenols is 3. The second kappa shape index (κ2) is 41.8. The number of benzene rings is 6. The number of primary amides is 1. The first-order valence-corrected chi connectivity index (χ1v) is 43.4. The highest BCUT2D eigenvalue weighted by Gasteiger charge is 2.53. The van der Waals surface area contributed by atoms with Gasteiger partial charge in [-0.15, -0.1) is 0 Å². The van der Waals surface area contributed by atoms with Crippen LogP contribution in [0.3, 0.4) is 0 Å². The van der Waals surface area contributed by atoms with Gasteiger partial charge >= 0.3 is 5.69 Å². The summed E-state index contributed by atoms with van der Waals surface area (Å²) in [6.07, 6.45) is -19.5. The predicted molar refractivity (Wildman–Crippen MR) is 463 cm³/mol. The first-order chi connectivity index (χ1) is 61.8. The molecule has 0 saturated carbocycles. The molecule has 9 heterocycles. The minimum atomic E-state index is -2.26. The number of morpholine rings is 1. The fourth-order valence-corrected chi connectivity index (χ4v) is 17.6. The molecular formula is C88H99Cl4N11O27. The fraction of sp³-hybridized carbons (Fsp3) is 0.443. The van der Waals surface area contributed by atoms with Gasteiger partial charge in [-0.2, -0.15) is 4.98 Å². The van der Waals surface area contributed by atoms with Crippen LogP contribution in [-0.4, -0.2) is 233 Å². The molecule has 3 fully saturated rings. The molecule has 1 unspecified atom stereocenters. The van der Waals surface area contributed by atoms with Gasteiger partial charge in [-0.05, 0) is 139 Å². The quantitative estimate of drug-likeness (QED) is 0.0287. The van der Waals surface area contributed by atoms with Crippen molar-refractivity contribution >= 4 is 105 Å². The van der Waals surface area contributed by atoms with Gasteiger partial charge in [-0.3, -0.25) is 57.5 Å². The number of carbonyl (C=O) groups excluding carboxylic acids is 9. The third-order valence-electron chi connectivity index (χ3n) is 23.5. The Morgan fingerprint density at radius 1 is 0.723 bits per heavy atom. The summed E-state index contributed by atoms with van der Waals surface area (Å²) in [4.78, 5) is 160. The van der Waals surface area contributed by atoms with E-state index in [1.165, 1.54) is 72.3 Å². The Morgan fingerprint density at radius 2 is 1.39 bits per heavy atom. The smallest absolute Gasteiger partial charge is 0.349 e. The molecule has 7 aromatic rings. The zero-order valence-electron chi connectivity index (χ0n) is 70.7. The standard InChI is InChI=1S/C88H99Cl4N11O27/c1-6-41(23-39(2)3)80(116)99-71-58(108)29-47(32-65(93)110)82(118)97-69-45-30-62(126-60-11-8-43(73(71)111)27-54(60)91)77(130-86-78(76(114)75(113)64(38-104)128-86)129-67-37-88(5,79(115)40(4)125-67)94-14-16-103-15-13-66(96-87(103)122)95-81(117)46-24-48(89)33-49(90)25-46)63(31-45)127-61-12-9-44(28-55(61)92)74(112)72-84(120)98-70(85(121)101-124-22-19-102-17-20-123-21-18-102)53-34-50(105)35-57(107)68(53)52-26-42(7-10-56(52)106)51(36-59(69)109)83(119)100-72/h7-13,15,24-28,30-31,33-35,39-41,47,51,64,67,69-76,78-79,86,94,104-107,111-115H,6,14,16-23,29,32,36-38H2,1-5H3,(H2,93,110)(H,97,118)(H,98,120)(H,99,116)(H,100,119)(H,101,121)(H,95,96,117,122)/t40-,41+,47-,51+,64+,67-,69?,70+,71-,72-,73+,74+,75+,76-,78+,79+,86-,88-/m0/s1. The molecule has 0 radical (unpaired) electrons. The summed E-state index contributed by atoms with van der Waals surface area (Å²) in [5.41, 5.74) is 3.85. The van der Waals surface area contributed by atoms with Crippen molar-refractivity contribution in [1.29, 1.82) is 0 Å². The van der Waals surface area contributed by atoms with Crippen LogP contribution in [-0.2, 0) is 68.7 Å². The number of nitrogens with zero attached hydrogens (tertiary/aromatic N) is 3. The topological polar surface area (TPSA) is 558 Å². The Balaban J connectivity index is 0.941. The molecule has 8 aliphatic heterocycles. The number of ether oxygens (including phenoxy) is 7. The summed E-state index contributed by atoms with van der Waals surface area (Å²) in [5.74, 6) is -19.3. The number of ketones is 2. The Labute approximate surface area is 763 Å². The maximum Gasteiger partial charge on any atom is 0.349 e. The number of nitrogens with two attached hydrogens (primary N) is 1. The van der Waals surface area contributed by atoms with Crippen LogP contribution in [0.2, 0.25) is 20.1 Å². The molecule has 696 valence electrons. The molecule has 42 heteroatoms. The summed E-state index contributed by atoms with van der Waals surface area (Å²) >= 11 is 26.7. The van der Waals surface area contributed by atoms with Gasteiger partial charge in [0.05, 0.1) is 60.5 Å². The van der Waals surface area contributed by atoms with Gasteiger partial charge < -0.3 is 117 Å². The highest BCUT2D eigenvalue weighted by atomic mass is 35.5. The number of phenolic OH excluding ortho intramolecular Hbond substituents is 3. The molecule has 38 nitrogen and oxygen atoms in total. The van der Waals surface area contributed by atoms with Crippen LogP contribution in [0.15, 0.2) is 114 Å². The van der Waals surface area contributed by atoms with E-state index < -0.39 is 255 Å². The van der Waals surface area contributed by atoms with Crippen molar-refractivity contribution in [2.75, 3.05) is 57.9 Å². The number of anilines is 1. The molecule has 15 rings (SSSR count). The molecule has 3 saturated heterocycles. The average Bonchev–Trinajstić information content (AvgIpc) is 0.755. The van der Waals surface area contributed by atoms with E-state index in [9.17, 15) is 69.9 Å². The number of aliphatic hydroxyl groups is 6. The van der Waals surface area contributed by atoms with Gasteiger partial charge in [0.1, 0.15) is 89.3 Å². The van der Waals surface area contributed by atoms with E-state index >= 15 is 24.0 Å². The van der Waals surface area contributed by atoms with Gasteiger partial charge in [0.25, 0.3) is 11.8 Å². The summed E-state index contributed by atoms with van der Waals surface area (Å²) in [6.45, 7) is 9.55. The highest BCUT2D eigenvalue weighted by Crippen LogP contribution is 2.51. The average molecular weight is 1880 g/mol. The second-order valence-corrected chi connectivity index (χ2v) is 34.9. The maximum atomic E-state index is 16.6. The van der Waals surface area contributed by atoms with E-state index in [2.05, 4.69) is 42.4 Å². The summed E-state index contributed by atoms with van der Waals surface area (Å²) in [7, 11) is 0. The van der Waals surface area contributed by atoms with Crippen molar-refractivity contribution in [1.82, 2.24) is 46.5 Å². The number of hydroxylamine groups is 1. The molecule has 7 amide bonds. The van der Waals surface area contributed by atoms with Crippen LogP contribution in [0.4, 0.5) is 5.82 Å². The first kappa shape index (κ1) is 96.8. The lowest BCUT2D eigenvalue weighted by Crippen LogP contribution is -2.65. The Kier molecular flexibility index (Phi) is 31.1. The minimum absolute atomic E-state index is 0.0429. The number of hydrogen-bond donors (Lipinski definition) is 17. The van der Waals surface area contributed by atoms with Gasteiger partial charge in [0.2, 0.25) is 41.6 Å². The second-order valence-electron chi connectivity index (χ2n) is 33.2. The Hall–Kier alpha value is -10.7. The van der Waals surface area contributed by atoms with E-state index in [0.29, 0.717) is 32.7 Å². The molecule has 0 aliphatic carbocycles. The molecule has 130 heavy (non-hydrogen) atoms. The van der Waals surface area contributed by atoms with E-state index in [1.807, 2.05) is 18.7 Å². The summed E-state index contributed by atoms with van der Waals surface area (Å²) in [5, 5.41) is 123. The monoisotopic (exact) mass is 1880 g/mol. The lowest BCUT2D eigenvalue weighted by atomic mass is 9.84. The van der Waals surface area contributed by atoms with Crippen LogP contribution in [0.25, 0.3) is 11.1 Å². The normalized spacial score (nSPS) is 26.4. The minimum Gasteiger partial charge on any atom is -0.508 e. The molecular weight excluding hydrogens is 1780 g/mol. The number of nitrogens with one attached hydrogen (secondary N) is 7. The lowest BCUT2D eigenvalue weighted by molar-refractivity contribution is -0.334. The van der Waals surface area contributed by atoms with Crippen molar-refractivity contribution in [2.24, 2.45) is 23.5 Å². The summed E-state index contributed by atoms with van der Waals surface area (Å²) in [6, 6.07) is 11.6. The number of Topliss-reactive ketones (excluding diaryl/α,β-unsaturated/α-hetero) is 2. The number of fused-ring (bicyclic) bond motifs is 15. The zero-order chi connectivity index (χ0) is 93.6. The number of rotatable bonds is 23. The number of aliphatic hydroxyl groups excluding tert-OH is 6. The van der Waals surface area contributed by atoms with E-state index in [1.54, 1.807) is 13.8 Å². The fourth-order valence-electron chi connectivity index (χ4n) is 16.6. The molecule has 18 atom stereocenters. The van der Waals surface area contributed by atoms with Crippen molar-refractivity contribution in [3.8, 4) is 57.1 Å². The third-order valence-corrected chi connectivity index (χ3v) is 24.5. The zero-order valence-corrected chi connectivity index (χ0v) is 73.7. The van der Waals surface area contributed by atoms with Crippen LogP contribution in [0.5, 0.6) is 46.0 Å². The third kappa shape index (κ3) is 22.4. The largest absolute Gasteiger partial charge is 0.508 e. The van der Waals surface area contributed by atoms with Gasteiger partial charge in [-0.1, -0.05) is 85.4 Å². The Morgan fingerprint density at radius 3 is 2.03 bits per heavy atom. The van der Waals surface area contributed by atoms with Crippen molar-refractivity contribution in [2.45, 2.75) is 177 Å². The van der Waals surface area contributed by atoms with Crippen molar-refractivity contribution in [3.05, 3.63) is 173 Å². The number of aromatic nitrogens is 2. The first-order valence-electron chi connectivity index (χ1n) is 41.9. The predicted octanol–water partition coefficient (Wildman–Crippen LogP) is 5.26. The van der Waals surface area contributed by atoms with Crippen LogP contribution in [0.1, 0.15) is 142 Å². The van der Waals surface area contributed by atoms with E-state index in [-0.39, 0.29) is 99.5 Å². The molecule has 18 N–H and O–H groups in total. The van der Waals surface area contributed by atoms with Gasteiger partial charge in [0.15, 0.2) is 35.5 Å². The molecule has 0 spiro atoms. The summed E-state index contributed by atoms with van der Waals surface area (Å²) < 4.78 is 46.3. The number of halogens is 4. The van der Waals surface area contributed by atoms with Crippen molar-refractivity contribution in [3.63, 3.8) is 0 Å². The number of hydrogen-bond acceptors (Lipinski definition) is 30. The van der Waals surface area contributed by atoms with Crippen LogP contribution >= 0.6 is 46.4 Å². The van der Waals surface area contributed by atoms with E-state index in [0.717, 1.165) is 48.5 Å². The number of amides is 7. The SMILES string of the molecule is CC[C@H](CC(C)C)C(=O)N[C@H]1C(=O)C[C@@H](CC(N)=O)C(=O)NC2C(=O)C[C@H]3C(=O)N[C@H](C(=O)N[C@@H](C(=O)NOCCN4CCOCC4)c4cc(O)cc(O)c4-c4cc3ccc4O)[C@H](O)c3ccc(c(Cl)c3)Oc3cc2cc(c3O[C@@H]2O[C@H](CO)[C@@H](O)[C@H](O)[C@H]2O[C@H]2C[C@](C)(NCCn3ccc(NC(=O)c4cc(Cl)cc(Cl)c4)nc3=O)[C@H](O)[C@H](C)O2)Oc2ccc(cc2Cl)[C@H]1O. The van der Waals surface area contributed by atoms with Gasteiger partial charge in [-0.25, -0.2) is 10.3 Å². The Bertz CT molecular complexity index is 5500. The van der Waals surface area contributed by atoms with Crippen molar-refractivity contribution < 1.29 is 127 Å². The number of carbonyl (C=O) groups is 9. The molecule has 6 aromatic carbocycles. The van der Waals surface area contributed by atoms with Gasteiger partial charge in [0, 0.05) is 109 Å². The molecule has 1 aromatic heterocycles. The number of aromatic hydroxyl groups is 3. The van der Waals surface area contributed by atoms with Crippen LogP contribution < -0.4 is 63.0 Å². The molecule has 11 bridgehead atoms. The molecule has 8 aliphatic rings. The van der Waals surface area contributed by atoms with E-state index in [4.69, 9.17) is 90.1 Å².